The molecule has 3 atom stereocenters. The van der Waals surface area contributed by atoms with Crippen molar-refractivity contribution in [2.45, 2.75) is 63.4 Å². The zero-order chi connectivity index (χ0) is 20.9. The van der Waals surface area contributed by atoms with E-state index in [-0.39, 0.29) is 0 Å². The van der Waals surface area contributed by atoms with E-state index >= 15 is 0 Å². The fourth-order valence-electron chi connectivity index (χ4n) is 4.43. The Morgan fingerprint density at radius 2 is 1.83 bits per heavy atom. The maximum absolute atomic E-state index is 10.7. The number of benzene rings is 1. The lowest BCUT2D eigenvalue weighted by Gasteiger charge is -2.27. The van der Waals surface area contributed by atoms with Gasteiger partial charge in [0.1, 0.15) is 6.10 Å². The van der Waals surface area contributed by atoms with Gasteiger partial charge in [0.2, 0.25) is 0 Å². The highest BCUT2D eigenvalue weighted by Gasteiger charge is 2.28. The summed E-state index contributed by atoms with van der Waals surface area (Å²) >= 11 is 0. The molecule has 0 unspecified atom stereocenters. The van der Waals surface area contributed by atoms with Crippen LogP contribution in [-0.2, 0) is 11.3 Å². The lowest BCUT2D eigenvalue weighted by molar-refractivity contribution is 0.0190. The smallest absolute Gasteiger partial charge is 0.104 e. The standard InChI is InChI=1S/C23H34N4O3/c1-17(28)23(29)22(19-14-24-27(16-19)21-4-2-3-5-21)25-20-8-6-18(7-9-20)15-26-10-12-30-13-11-26/h6-9,14,16-17,21-23,25,28-29H,2-5,10-13,15H2,1H3/t17-,22+,23+/m0/s1. The van der Waals surface area contributed by atoms with Gasteiger partial charge in [0.25, 0.3) is 0 Å². The first-order valence-corrected chi connectivity index (χ1v) is 11.2. The van der Waals surface area contributed by atoms with Gasteiger partial charge in [-0.3, -0.25) is 9.58 Å². The molecule has 2 fully saturated rings. The molecule has 0 radical (unpaired) electrons. The molecule has 164 valence electrons. The van der Waals surface area contributed by atoms with Crippen LogP contribution in [0.1, 0.15) is 55.8 Å². The number of anilines is 1. The van der Waals surface area contributed by atoms with Crippen LogP contribution in [0.3, 0.4) is 0 Å². The van der Waals surface area contributed by atoms with Gasteiger partial charge in [-0.25, -0.2) is 0 Å². The summed E-state index contributed by atoms with van der Waals surface area (Å²) in [5.74, 6) is 0. The molecule has 1 aliphatic carbocycles. The predicted molar refractivity (Wildman–Crippen MR) is 116 cm³/mol. The van der Waals surface area contributed by atoms with Crippen molar-refractivity contribution in [1.82, 2.24) is 14.7 Å². The van der Waals surface area contributed by atoms with E-state index in [1.165, 1.54) is 18.4 Å². The molecule has 0 spiro atoms. The Balaban J connectivity index is 1.45. The topological polar surface area (TPSA) is 82.8 Å². The molecule has 1 aromatic heterocycles. The van der Waals surface area contributed by atoms with Crippen LogP contribution in [0.25, 0.3) is 0 Å². The summed E-state index contributed by atoms with van der Waals surface area (Å²) in [4.78, 5) is 2.39. The quantitative estimate of drug-likeness (QED) is 0.616. The normalized spacial score (nSPS) is 21.4. The minimum absolute atomic E-state index is 0.426. The zero-order valence-corrected chi connectivity index (χ0v) is 17.8. The zero-order valence-electron chi connectivity index (χ0n) is 17.8. The monoisotopic (exact) mass is 414 g/mol. The Hall–Kier alpha value is -1.93. The van der Waals surface area contributed by atoms with Gasteiger partial charge < -0.3 is 20.3 Å². The number of nitrogens with zero attached hydrogens (tertiary/aromatic N) is 3. The van der Waals surface area contributed by atoms with Crippen molar-refractivity contribution in [3.63, 3.8) is 0 Å². The van der Waals surface area contributed by atoms with E-state index in [1.54, 1.807) is 6.92 Å². The molecule has 2 aliphatic rings. The third-order valence-corrected chi connectivity index (χ3v) is 6.30. The van der Waals surface area contributed by atoms with Crippen LogP contribution in [0.5, 0.6) is 0 Å². The molecule has 0 amide bonds. The lowest BCUT2D eigenvalue weighted by Crippen LogP contribution is -2.35. The average Bonchev–Trinajstić information content (AvgIpc) is 3.45. The Morgan fingerprint density at radius 3 is 2.50 bits per heavy atom. The Morgan fingerprint density at radius 1 is 1.13 bits per heavy atom. The van der Waals surface area contributed by atoms with Gasteiger partial charge in [0.15, 0.2) is 0 Å². The molecule has 0 bridgehead atoms. The molecule has 2 heterocycles. The highest BCUT2D eigenvalue weighted by atomic mass is 16.5. The predicted octanol–water partition coefficient (Wildman–Crippen LogP) is 2.73. The van der Waals surface area contributed by atoms with Gasteiger partial charge in [-0.15, -0.1) is 0 Å². The summed E-state index contributed by atoms with van der Waals surface area (Å²) in [6.45, 7) is 6.06. The molecule has 1 aliphatic heterocycles. The molecular weight excluding hydrogens is 380 g/mol. The van der Waals surface area contributed by atoms with Crippen LogP contribution in [0.2, 0.25) is 0 Å². The van der Waals surface area contributed by atoms with Crippen LogP contribution in [-0.4, -0.2) is 63.4 Å². The van der Waals surface area contributed by atoms with Crippen LogP contribution in [0.15, 0.2) is 36.7 Å². The molecule has 30 heavy (non-hydrogen) atoms. The van der Waals surface area contributed by atoms with Crippen molar-refractivity contribution in [2.24, 2.45) is 0 Å². The number of nitrogens with one attached hydrogen (secondary N) is 1. The number of hydrogen-bond donors (Lipinski definition) is 3. The SMILES string of the molecule is C[C@H](O)[C@@H](O)[C@H](Nc1ccc(CN2CCOCC2)cc1)c1cnn(C2CCCC2)c1. The number of rotatable bonds is 8. The van der Waals surface area contributed by atoms with Crippen molar-refractivity contribution in [1.29, 1.82) is 0 Å². The first kappa shape index (κ1) is 21.3. The maximum atomic E-state index is 10.7. The summed E-state index contributed by atoms with van der Waals surface area (Å²) in [7, 11) is 0. The van der Waals surface area contributed by atoms with Crippen molar-refractivity contribution >= 4 is 5.69 Å². The molecular formula is C23H34N4O3. The van der Waals surface area contributed by atoms with Crippen LogP contribution >= 0.6 is 0 Å². The van der Waals surface area contributed by atoms with Gasteiger partial charge in [-0.05, 0) is 37.5 Å². The highest BCUT2D eigenvalue weighted by molar-refractivity contribution is 5.47. The van der Waals surface area contributed by atoms with E-state index in [2.05, 4.69) is 27.4 Å². The molecule has 1 saturated carbocycles. The minimum Gasteiger partial charge on any atom is -0.391 e. The molecule has 4 rings (SSSR count). The van der Waals surface area contributed by atoms with Gasteiger partial charge in [-0.2, -0.15) is 5.10 Å². The molecule has 7 heteroatoms. The Bertz CT molecular complexity index is 780. The molecule has 1 aromatic carbocycles. The van der Waals surface area contributed by atoms with Gasteiger partial charge in [0.05, 0.1) is 37.6 Å². The number of aliphatic hydroxyl groups is 2. The summed E-state index contributed by atoms with van der Waals surface area (Å²) in [6.07, 6.45) is 6.85. The summed E-state index contributed by atoms with van der Waals surface area (Å²) in [5, 5.41) is 28.7. The van der Waals surface area contributed by atoms with E-state index in [9.17, 15) is 10.2 Å². The Kier molecular flexibility index (Phi) is 7.04. The van der Waals surface area contributed by atoms with Crippen molar-refractivity contribution < 1.29 is 14.9 Å². The number of hydrogen-bond acceptors (Lipinski definition) is 6. The average molecular weight is 415 g/mol. The molecule has 3 N–H and O–H groups in total. The summed E-state index contributed by atoms with van der Waals surface area (Å²) < 4.78 is 7.44. The number of aromatic nitrogens is 2. The van der Waals surface area contributed by atoms with E-state index < -0.39 is 18.2 Å². The first-order valence-electron chi connectivity index (χ1n) is 11.2. The molecule has 7 nitrogen and oxygen atoms in total. The Labute approximate surface area is 178 Å². The van der Waals surface area contributed by atoms with Gasteiger partial charge >= 0.3 is 0 Å². The number of morpholine rings is 1. The van der Waals surface area contributed by atoms with Crippen molar-refractivity contribution in [3.05, 3.63) is 47.8 Å². The highest BCUT2D eigenvalue weighted by Crippen LogP contribution is 2.31. The molecule has 1 saturated heterocycles. The van der Waals surface area contributed by atoms with E-state index in [0.717, 1.165) is 56.9 Å². The lowest BCUT2D eigenvalue weighted by atomic mass is 10.0. The number of aliphatic hydroxyl groups excluding tert-OH is 2. The van der Waals surface area contributed by atoms with Crippen LogP contribution < -0.4 is 5.32 Å². The fraction of sp³-hybridized carbons (Fsp3) is 0.609. The van der Waals surface area contributed by atoms with Crippen molar-refractivity contribution in [2.75, 3.05) is 31.6 Å². The van der Waals surface area contributed by atoms with Crippen molar-refractivity contribution in [3.8, 4) is 0 Å². The second kappa shape index (κ2) is 9.92. The van der Waals surface area contributed by atoms with Gasteiger partial charge in [0, 0.05) is 37.1 Å². The van der Waals surface area contributed by atoms with Crippen LogP contribution in [0.4, 0.5) is 5.69 Å². The maximum Gasteiger partial charge on any atom is 0.104 e. The third kappa shape index (κ3) is 5.21. The number of ether oxygens (including phenoxy) is 1. The minimum atomic E-state index is -0.931. The summed E-state index contributed by atoms with van der Waals surface area (Å²) in [6, 6.07) is 8.34. The van der Waals surface area contributed by atoms with E-state index in [4.69, 9.17) is 4.74 Å². The second-order valence-electron chi connectivity index (χ2n) is 8.63. The molecule has 2 aromatic rings. The first-order chi connectivity index (χ1) is 14.6. The summed E-state index contributed by atoms with van der Waals surface area (Å²) in [5.41, 5.74) is 3.07. The van der Waals surface area contributed by atoms with E-state index in [0.29, 0.717) is 6.04 Å². The fourth-order valence-corrected chi connectivity index (χ4v) is 4.43. The third-order valence-electron chi connectivity index (χ3n) is 6.30. The second-order valence-corrected chi connectivity index (χ2v) is 8.63. The largest absolute Gasteiger partial charge is 0.391 e. The van der Waals surface area contributed by atoms with E-state index in [1.807, 2.05) is 29.2 Å². The van der Waals surface area contributed by atoms with Crippen LogP contribution in [0, 0.1) is 0 Å². The van der Waals surface area contributed by atoms with Gasteiger partial charge in [-0.1, -0.05) is 25.0 Å².